The Labute approximate surface area is 102 Å². The third kappa shape index (κ3) is 3.12. The minimum absolute atomic E-state index is 0.196. The van der Waals surface area contributed by atoms with Crippen LogP contribution in [0.3, 0.4) is 0 Å². The zero-order valence-electron chi connectivity index (χ0n) is 10.0. The lowest BCUT2D eigenvalue weighted by Gasteiger charge is -2.31. The van der Waals surface area contributed by atoms with E-state index >= 15 is 0 Å². The summed E-state index contributed by atoms with van der Waals surface area (Å²) in [5.74, 6) is 0.196. The summed E-state index contributed by atoms with van der Waals surface area (Å²) in [6, 6.07) is 5.88. The molecular weight excluding hydrogens is 236 g/mol. The van der Waals surface area contributed by atoms with Crippen LogP contribution in [0.4, 0.5) is 11.4 Å². The van der Waals surface area contributed by atoms with Crippen LogP contribution >= 0.6 is 0 Å². The van der Waals surface area contributed by atoms with Crippen molar-refractivity contribution in [3.63, 3.8) is 0 Å². The summed E-state index contributed by atoms with van der Waals surface area (Å²) in [5, 5.41) is 0. The highest BCUT2D eigenvalue weighted by atomic mass is 32.2. The SMILES string of the molecule is CS(=O)(=O)CCN1CCCc2ccc(N)cc21. The molecule has 5 heteroatoms. The van der Waals surface area contributed by atoms with Crippen LogP contribution in [0.5, 0.6) is 0 Å². The van der Waals surface area contributed by atoms with Crippen molar-refractivity contribution in [1.82, 2.24) is 0 Å². The van der Waals surface area contributed by atoms with E-state index in [4.69, 9.17) is 5.73 Å². The molecule has 2 N–H and O–H groups in total. The molecule has 0 spiro atoms. The zero-order chi connectivity index (χ0) is 12.5. The summed E-state index contributed by atoms with van der Waals surface area (Å²) in [6.45, 7) is 1.46. The maximum absolute atomic E-state index is 11.2. The molecule has 0 bridgehead atoms. The standard InChI is InChI=1S/C12H18N2O2S/c1-17(15,16)8-7-14-6-2-3-10-4-5-11(13)9-12(10)14/h4-5,9H,2-3,6-8,13H2,1H3. The van der Waals surface area contributed by atoms with E-state index in [1.54, 1.807) is 0 Å². The summed E-state index contributed by atoms with van der Waals surface area (Å²) in [7, 11) is -2.91. The quantitative estimate of drug-likeness (QED) is 0.819. The molecule has 0 unspecified atom stereocenters. The van der Waals surface area contributed by atoms with Gasteiger partial charge in [0.1, 0.15) is 9.84 Å². The molecule has 0 aromatic heterocycles. The molecule has 0 radical (unpaired) electrons. The molecule has 1 heterocycles. The zero-order valence-corrected chi connectivity index (χ0v) is 10.8. The molecule has 2 rings (SSSR count). The highest BCUT2D eigenvalue weighted by Gasteiger charge is 2.17. The first-order valence-corrected chi connectivity index (χ1v) is 7.83. The molecular formula is C12H18N2O2S. The van der Waals surface area contributed by atoms with E-state index in [0.717, 1.165) is 30.8 Å². The van der Waals surface area contributed by atoms with Crippen molar-refractivity contribution in [3.05, 3.63) is 23.8 Å². The lowest BCUT2D eigenvalue weighted by atomic mass is 10.0. The minimum atomic E-state index is -2.91. The van der Waals surface area contributed by atoms with Crippen molar-refractivity contribution in [2.45, 2.75) is 12.8 Å². The lowest BCUT2D eigenvalue weighted by molar-refractivity contribution is 0.598. The van der Waals surface area contributed by atoms with E-state index in [9.17, 15) is 8.42 Å². The number of benzene rings is 1. The van der Waals surface area contributed by atoms with Gasteiger partial charge in [-0.15, -0.1) is 0 Å². The summed E-state index contributed by atoms with van der Waals surface area (Å²) in [4.78, 5) is 2.12. The number of hydrogen-bond donors (Lipinski definition) is 1. The van der Waals surface area contributed by atoms with Crippen LogP contribution < -0.4 is 10.6 Å². The molecule has 1 aliphatic heterocycles. The molecule has 17 heavy (non-hydrogen) atoms. The molecule has 0 aliphatic carbocycles. The maximum atomic E-state index is 11.2. The van der Waals surface area contributed by atoms with Gasteiger partial charge < -0.3 is 10.6 Å². The fraction of sp³-hybridized carbons (Fsp3) is 0.500. The normalized spacial score (nSPS) is 15.7. The van der Waals surface area contributed by atoms with Gasteiger partial charge in [-0.05, 0) is 30.5 Å². The van der Waals surface area contributed by atoms with Crippen LogP contribution in [0.15, 0.2) is 18.2 Å². The van der Waals surface area contributed by atoms with E-state index in [0.29, 0.717) is 6.54 Å². The van der Waals surface area contributed by atoms with Crippen LogP contribution in [-0.2, 0) is 16.3 Å². The van der Waals surface area contributed by atoms with E-state index < -0.39 is 9.84 Å². The Kier molecular flexibility index (Phi) is 3.28. The lowest BCUT2D eigenvalue weighted by Crippen LogP contribution is -2.33. The van der Waals surface area contributed by atoms with Gasteiger partial charge in [-0.1, -0.05) is 6.07 Å². The third-order valence-electron chi connectivity index (χ3n) is 3.06. The van der Waals surface area contributed by atoms with E-state index in [2.05, 4.69) is 4.90 Å². The number of fused-ring (bicyclic) bond motifs is 1. The molecule has 0 amide bonds. The van der Waals surface area contributed by atoms with E-state index in [1.807, 2.05) is 18.2 Å². The molecule has 1 aliphatic rings. The van der Waals surface area contributed by atoms with Crippen LogP contribution in [0.2, 0.25) is 0 Å². The molecule has 4 nitrogen and oxygen atoms in total. The van der Waals surface area contributed by atoms with Gasteiger partial charge in [0, 0.05) is 30.7 Å². The molecule has 1 aromatic rings. The van der Waals surface area contributed by atoms with Crippen molar-refractivity contribution >= 4 is 21.2 Å². The number of hydrogen-bond acceptors (Lipinski definition) is 4. The van der Waals surface area contributed by atoms with Crippen molar-refractivity contribution < 1.29 is 8.42 Å². The number of nitrogen functional groups attached to an aromatic ring is 1. The Hall–Kier alpha value is -1.23. The van der Waals surface area contributed by atoms with Crippen molar-refractivity contribution in [2.75, 3.05) is 35.7 Å². The first kappa shape index (κ1) is 12.2. The highest BCUT2D eigenvalue weighted by molar-refractivity contribution is 7.90. The molecule has 1 aromatic carbocycles. The second kappa shape index (κ2) is 4.56. The van der Waals surface area contributed by atoms with Gasteiger partial charge in [0.25, 0.3) is 0 Å². The van der Waals surface area contributed by atoms with Crippen LogP contribution in [0, 0.1) is 0 Å². The van der Waals surface area contributed by atoms with Crippen LogP contribution in [-0.4, -0.2) is 33.5 Å². The third-order valence-corrected chi connectivity index (χ3v) is 3.98. The Balaban J connectivity index is 2.19. The van der Waals surface area contributed by atoms with Gasteiger partial charge in [0.2, 0.25) is 0 Å². The van der Waals surface area contributed by atoms with Gasteiger partial charge in [0.15, 0.2) is 0 Å². The maximum Gasteiger partial charge on any atom is 0.149 e. The largest absolute Gasteiger partial charge is 0.399 e. The van der Waals surface area contributed by atoms with Gasteiger partial charge >= 0.3 is 0 Å². The van der Waals surface area contributed by atoms with Gasteiger partial charge in [-0.2, -0.15) is 0 Å². The molecule has 0 saturated carbocycles. The summed E-state index contributed by atoms with van der Waals surface area (Å²) in [5.41, 5.74) is 8.87. The van der Waals surface area contributed by atoms with Crippen molar-refractivity contribution in [1.29, 1.82) is 0 Å². The average molecular weight is 254 g/mol. The summed E-state index contributed by atoms with van der Waals surface area (Å²) < 4.78 is 22.4. The predicted molar refractivity (Wildman–Crippen MR) is 71.1 cm³/mol. The minimum Gasteiger partial charge on any atom is -0.399 e. The number of rotatable bonds is 3. The number of aryl methyl sites for hydroxylation is 1. The molecule has 0 atom stereocenters. The number of anilines is 2. The van der Waals surface area contributed by atoms with Crippen LogP contribution in [0.1, 0.15) is 12.0 Å². The van der Waals surface area contributed by atoms with E-state index in [-0.39, 0.29) is 5.75 Å². The number of nitrogens with zero attached hydrogens (tertiary/aromatic N) is 1. The second-order valence-electron chi connectivity index (χ2n) is 4.61. The molecule has 94 valence electrons. The molecule has 0 saturated heterocycles. The Morgan fingerprint density at radius 1 is 1.41 bits per heavy atom. The smallest absolute Gasteiger partial charge is 0.149 e. The fourth-order valence-electron chi connectivity index (χ4n) is 2.18. The average Bonchev–Trinajstić information content (AvgIpc) is 2.25. The number of sulfone groups is 1. The fourth-order valence-corrected chi connectivity index (χ4v) is 2.73. The first-order valence-electron chi connectivity index (χ1n) is 5.77. The van der Waals surface area contributed by atoms with E-state index in [1.165, 1.54) is 11.8 Å². The van der Waals surface area contributed by atoms with Crippen LogP contribution in [0.25, 0.3) is 0 Å². The van der Waals surface area contributed by atoms with Crippen molar-refractivity contribution in [3.8, 4) is 0 Å². The van der Waals surface area contributed by atoms with Gasteiger partial charge in [-0.3, -0.25) is 0 Å². The summed E-state index contributed by atoms with van der Waals surface area (Å²) >= 11 is 0. The van der Waals surface area contributed by atoms with Gasteiger partial charge in [-0.25, -0.2) is 8.42 Å². The van der Waals surface area contributed by atoms with Gasteiger partial charge in [0.05, 0.1) is 5.75 Å². The Morgan fingerprint density at radius 3 is 2.88 bits per heavy atom. The second-order valence-corrected chi connectivity index (χ2v) is 6.87. The highest BCUT2D eigenvalue weighted by Crippen LogP contribution is 2.28. The summed E-state index contributed by atoms with van der Waals surface area (Å²) in [6.07, 6.45) is 3.39. The monoisotopic (exact) mass is 254 g/mol. The predicted octanol–water partition coefficient (Wildman–Crippen LogP) is 1.07. The number of nitrogens with two attached hydrogens (primary N) is 1. The Bertz CT molecular complexity index is 511. The molecule has 0 fully saturated rings. The first-order chi connectivity index (χ1) is 7.96. The topological polar surface area (TPSA) is 63.4 Å². The van der Waals surface area contributed by atoms with Crippen molar-refractivity contribution in [2.24, 2.45) is 0 Å². The Morgan fingerprint density at radius 2 is 2.18 bits per heavy atom.